The van der Waals surface area contributed by atoms with Gasteiger partial charge in [-0.1, -0.05) is 0 Å². The molecule has 0 spiro atoms. The summed E-state index contributed by atoms with van der Waals surface area (Å²) in [5.74, 6) is -1.76. The Labute approximate surface area is 112 Å². The van der Waals surface area contributed by atoms with E-state index in [0.29, 0.717) is 5.69 Å². The number of hydrogen-bond donors (Lipinski definition) is 3. The molecule has 3 N–H and O–H groups in total. The Kier molecular flexibility index (Phi) is 3.54. The number of fused-ring (bicyclic) bond motifs is 1. The maximum absolute atomic E-state index is 11.6. The van der Waals surface area contributed by atoms with Crippen molar-refractivity contribution in [2.24, 2.45) is 0 Å². The van der Waals surface area contributed by atoms with E-state index in [1.807, 2.05) is 11.6 Å². The number of imidazole rings is 1. The molecule has 0 aromatic carbocycles. The molecule has 2 rings (SSSR count). The lowest BCUT2D eigenvalue weighted by Gasteiger charge is -2.17. The molecule has 0 bridgehead atoms. The molecule has 0 aliphatic rings. The van der Waals surface area contributed by atoms with Gasteiger partial charge in [0.1, 0.15) is 0 Å². The van der Waals surface area contributed by atoms with Gasteiger partial charge in [-0.2, -0.15) is 0 Å². The predicted octanol–water partition coefficient (Wildman–Crippen LogP) is -0.110. The number of carbonyl (C=O) groups is 2. The fourth-order valence-electron chi connectivity index (χ4n) is 1.43. The second kappa shape index (κ2) is 4.98. The van der Waals surface area contributed by atoms with Crippen LogP contribution in [0.25, 0.3) is 4.96 Å². The number of hydrogen-bond acceptors (Lipinski definition) is 5. The van der Waals surface area contributed by atoms with Crippen LogP contribution in [-0.4, -0.2) is 43.6 Å². The first kappa shape index (κ1) is 13.5. The van der Waals surface area contributed by atoms with E-state index in [4.69, 9.17) is 5.11 Å². The summed E-state index contributed by atoms with van der Waals surface area (Å²) in [7, 11) is 0. The monoisotopic (exact) mass is 283 g/mol. The molecule has 1 atom stereocenters. The lowest BCUT2D eigenvalue weighted by Crippen LogP contribution is -2.46. The fraction of sp³-hybridized carbons (Fsp3) is 0.364. The SMILES string of the molecule is CC(O)(CNC(=O)Cc1cn2ccsc2n1)C(=O)O. The van der Waals surface area contributed by atoms with E-state index in [0.717, 1.165) is 11.9 Å². The summed E-state index contributed by atoms with van der Waals surface area (Å²) >= 11 is 1.46. The van der Waals surface area contributed by atoms with Crippen LogP contribution in [0.5, 0.6) is 0 Å². The highest BCUT2D eigenvalue weighted by Crippen LogP contribution is 2.11. The molecule has 19 heavy (non-hydrogen) atoms. The number of carboxylic acid groups (broad SMARTS) is 1. The van der Waals surface area contributed by atoms with Crippen molar-refractivity contribution in [2.45, 2.75) is 18.9 Å². The van der Waals surface area contributed by atoms with Gasteiger partial charge in [0, 0.05) is 17.8 Å². The van der Waals surface area contributed by atoms with Gasteiger partial charge in [0.05, 0.1) is 18.7 Å². The quantitative estimate of drug-likeness (QED) is 0.710. The lowest BCUT2D eigenvalue weighted by molar-refractivity contribution is -0.156. The van der Waals surface area contributed by atoms with Crippen LogP contribution >= 0.6 is 11.3 Å². The zero-order chi connectivity index (χ0) is 14.0. The first-order valence-corrected chi connectivity index (χ1v) is 6.40. The molecule has 0 saturated carbocycles. The second-order valence-electron chi connectivity index (χ2n) is 4.36. The van der Waals surface area contributed by atoms with Crippen molar-refractivity contribution >= 4 is 28.2 Å². The average Bonchev–Trinajstić information content (AvgIpc) is 2.86. The summed E-state index contributed by atoms with van der Waals surface area (Å²) in [5.41, 5.74) is -1.37. The molecule has 0 aliphatic heterocycles. The van der Waals surface area contributed by atoms with E-state index in [-0.39, 0.29) is 18.9 Å². The van der Waals surface area contributed by atoms with Gasteiger partial charge in [-0.05, 0) is 6.92 Å². The Balaban J connectivity index is 1.91. The van der Waals surface area contributed by atoms with E-state index < -0.39 is 11.6 Å². The van der Waals surface area contributed by atoms with E-state index >= 15 is 0 Å². The Hall–Kier alpha value is -1.93. The van der Waals surface area contributed by atoms with Gasteiger partial charge < -0.3 is 15.5 Å². The topological polar surface area (TPSA) is 104 Å². The maximum Gasteiger partial charge on any atom is 0.337 e. The molecule has 2 heterocycles. The third-order valence-electron chi connectivity index (χ3n) is 2.58. The molecular formula is C11H13N3O4S. The number of aromatic nitrogens is 2. The van der Waals surface area contributed by atoms with Crippen molar-refractivity contribution in [1.82, 2.24) is 14.7 Å². The highest BCUT2D eigenvalue weighted by Gasteiger charge is 2.30. The summed E-state index contributed by atoms with van der Waals surface area (Å²) in [6.45, 7) is 0.783. The van der Waals surface area contributed by atoms with Crippen LogP contribution in [0.1, 0.15) is 12.6 Å². The minimum atomic E-state index is -1.97. The molecule has 7 nitrogen and oxygen atoms in total. The normalized spacial score (nSPS) is 14.2. The standard InChI is InChI=1S/C11H13N3O4S/c1-11(18,9(16)17)6-12-8(15)4-7-5-14-2-3-19-10(14)13-7/h2-3,5,18H,4,6H2,1H3,(H,12,15)(H,16,17). The summed E-state index contributed by atoms with van der Waals surface area (Å²) < 4.78 is 1.81. The number of carboxylic acids is 1. The average molecular weight is 283 g/mol. The number of rotatable bonds is 5. The number of carbonyl (C=O) groups excluding carboxylic acids is 1. The first-order valence-electron chi connectivity index (χ1n) is 5.52. The van der Waals surface area contributed by atoms with Crippen molar-refractivity contribution in [2.75, 3.05) is 6.54 Å². The molecule has 1 unspecified atom stereocenters. The Bertz CT molecular complexity index is 588. The minimum Gasteiger partial charge on any atom is -0.479 e. The molecule has 0 aliphatic carbocycles. The van der Waals surface area contributed by atoms with Crippen LogP contribution < -0.4 is 5.32 Å². The maximum atomic E-state index is 11.6. The zero-order valence-corrected chi connectivity index (χ0v) is 11.0. The third-order valence-corrected chi connectivity index (χ3v) is 3.35. The first-order chi connectivity index (χ1) is 8.88. The van der Waals surface area contributed by atoms with Crippen molar-refractivity contribution in [3.63, 3.8) is 0 Å². The highest BCUT2D eigenvalue weighted by molar-refractivity contribution is 7.15. The van der Waals surface area contributed by atoms with Crippen LogP contribution in [0.15, 0.2) is 17.8 Å². The fourth-order valence-corrected chi connectivity index (χ4v) is 2.15. The Morgan fingerprint density at radius 2 is 2.32 bits per heavy atom. The van der Waals surface area contributed by atoms with Gasteiger partial charge >= 0.3 is 5.97 Å². The van der Waals surface area contributed by atoms with Crippen LogP contribution in [0.3, 0.4) is 0 Å². The smallest absolute Gasteiger partial charge is 0.337 e. The molecule has 1 amide bonds. The van der Waals surface area contributed by atoms with Crippen molar-refractivity contribution < 1.29 is 19.8 Å². The van der Waals surface area contributed by atoms with Crippen molar-refractivity contribution in [3.8, 4) is 0 Å². The van der Waals surface area contributed by atoms with Crippen LogP contribution in [-0.2, 0) is 16.0 Å². The molecule has 2 aromatic heterocycles. The largest absolute Gasteiger partial charge is 0.479 e. The van der Waals surface area contributed by atoms with Gasteiger partial charge in [-0.25, -0.2) is 9.78 Å². The van der Waals surface area contributed by atoms with Gasteiger partial charge in [0.25, 0.3) is 0 Å². The number of aliphatic hydroxyl groups is 1. The highest BCUT2D eigenvalue weighted by atomic mass is 32.1. The van der Waals surface area contributed by atoms with Crippen LogP contribution in [0.4, 0.5) is 0 Å². The second-order valence-corrected chi connectivity index (χ2v) is 5.23. The molecule has 8 heteroatoms. The number of aliphatic carboxylic acids is 1. The van der Waals surface area contributed by atoms with E-state index in [1.54, 1.807) is 10.6 Å². The predicted molar refractivity (Wildman–Crippen MR) is 68.0 cm³/mol. The number of nitrogens with one attached hydrogen (secondary N) is 1. The lowest BCUT2D eigenvalue weighted by atomic mass is 10.1. The molecular weight excluding hydrogens is 270 g/mol. The van der Waals surface area contributed by atoms with E-state index in [1.165, 1.54) is 11.3 Å². The number of amides is 1. The summed E-state index contributed by atoms with van der Waals surface area (Å²) in [5, 5.41) is 22.4. The van der Waals surface area contributed by atoms with E-state index in [9.17, 15) is 14.7 Å². The van der Waals surface area contributed by atoms with Crippen LogP contribution in [0.2, 0.25) is 0 Å². The Morgan fingerprint density at radius 1 is 1.58 bits per heavy atom. The molecule has 0 saturated heterocycles. The molecule has 2 aromatic rings. The molecule has 0 fully saturated rings. The van der Waals surface area contributed by atoms with Gasteiger partial charge in [0.2, 0.25) is 5.91 Å². The number of nitrogens with zero attached hydrogens (tertiary/aromatic N) is 2. The summed E-state index contributed by atoms with van der Waals surface area (Å²) in [6, 6.07) is 0. The van der Waals surface area contributed by atoms with Crippen LogP contribution in [0, 0.1) is 0 Å². The van der Waals surface area contributed by atoms with E-state index in [2.05, 4.69) is 10.3 Å². The number of thiazole rings is 1. The van der Waals surface area contributed by atoms with Crippen molar-refractivity contribution in [3.05, 3.63) is 23.5 Å². The van der Waals surface area contributed by atoms with Crippen molar-refractivity contribution in [1.29, 1.82) is 0 Å². The zero-order valence-electron chi connectivity index (χ0n) is 10.2. The third kappa shape index (κ3) is 3.09. The molecule has 102 valence electrons. The van der Waals surface area contributed by atoms with Gasteiger partial charge in [-0.15, -0.1) is 11.3 Å². The van der Waals surface area contributed by atoms with Gasteiger partial charge in [0.15, 0.2) is 10.6 Å². The molecule has 0 radical (unpaired) electrons. The Morgan fingerprint density at radius 3 is 2.95 bits per heavy atom. The van der Waals surface area contributed by atoms with Gasteiger partial charge in [-0.3, -0.25) is 9.20 Å². The minimum absolute atomic E-state index is 0.0457. The summed E-state index contributed by atoms with van der Waals surface area (Å²) in [6.07, 6.45) is 3.62. The summed E-state index contributed by atoms with van der Waals surface area (Å²) in [4.78, 5) is 27.3.